The molecule has 1 aromatic heterocycles. The highest BCUT2D eigenvalue weighted by Crippen LogP contribution is 2.09. The van der Waals surface area contributed by atoms with E-state index in [1.54, 1.807) is 10.9 Å². The van der Waals surface area contributed by atoms with Gasteiger partial charge in [-0.2, -0.15) is 5.10 Å². The number of benzene rings is 1. The highest BCUT2D eigenvalue weighted by Gasteiger charge is 2.06. The van der Waals surface area contributed by atoms with Gasteiger partial charge < -0.3 is 0 Å². The molecule has 1 aromatic carbocycles. The van der Waals surface area contributed by atoms with E-state index in [4.69, 9.17) is 11.6 Å². The van der Waals surface area contributed by atoms with Crippen molar-refractivity contribution >= 4 is 17.9 Å². The van der Waals surface area contributed by atoms with Crippen LogP contribution in [0, 0.1) is 0 Å². The van der Waals surface area contributed by atoms with Crippen molar-refractivity contribution in [3.05, 3.63) is 53.3 Å². The predicted molar refractivity (Wildman–Crippen MR) is 62.7 cm³/mol. The van der Waals surface area contributed by atoms with E-state index < -0.39 is 0 Å². The zero-order valence-corrected chi connectivity index (χ0v) is 9.39. The summed E-state index contributed by atoms with van der Waals surface area (Å²) in [6, 6.07) is 9.95. The Morgan fingerprint density at radius 1 is 1.31 bits per heavy atom. The summed E-state index contributed by atoms with van der Waals surface area (Å²) in [4.78, 5) is 10.7. The molecule has 4 heteroatoms. The molecule has 0 amide bonds. The Labute approximate surface area is 98.7 Å². The van der Waals surface area contributed by atoms with Crippen LogP contribution in [0.5, 0.6) is 0 Å². The number of rotatable bonds is 4. The average molecular weight is 235 g/mol. The van der Waals surface area contributed by atoms with Crippen molar-refractivity contribution in [2.75, 3.05) is 0 Å². The third-order valence-corrected chi connectivity index (χ3v) is 2.56. The topological polar surface area (TPSA) is 34.9 Å². The van der Waals surface area contributed by atoms with Gasteiger partial charge in [-0.15, -0.1) is 11.6 Å². The summed E-state index contributed by atoms with van der Waals surface area (Å²) in [5, 5.41) is 4.25. The molecule has 0 fully saturated rings. The fourth-order valence-corrected chi connectivity index (χ4v) is 1.74. The van der Waals surface area contributed by atoms with Crippen LogP contribution in [0.15, 0.2) is 36.5 Å². The molecule has 0 N–H and O–H groups in total. The van der Waals surface area contributed by atoms with Gasteiger partial charge in [0.2, 0.25) is 0 Å². The van der Waals surface area contributed by atoms with Gasteiger partial charge in [0, 0.05) is 6.20 Å². The third kappa shape index (κ3) is 2.31. The lowest BCUT2D eigenvalue weighted by atomic mass is 10.2. The molecule has 0 bridgehead atoms. The lowest BCUT2D eigenvalue weighted by Crippen LogP contribution is -2.00. The molecule has 1 heterocycles. The molecule has 0 spiro atoms. The van der Waals surface area contributed by atoms with Gasteiger partial charge >= 0.3 is 0 Å². The van der Waals surface area contributed by atoms with Gasteiger partial charge in [-0.3, -0.25) is 9.48 Å². The molecule has 0 saturated heterocycles. The van der Waals surface area contributed by atoms with Gasteiger partial charge in [0.05, 0.1) is 23.7 Å². The van der Waals surface area contributed by atoms with Crippen molar-refractivity contribution in [3.8, 4) is 0 Å². The highest BCUT2D eigenvalue weighted by molar-refractivity contribution is 6.17. The number of hydrogen-bond acceptors (Lipinski definition) is 2. The summed E-state index contributed by atoms with van der Waals surface area (Å²) < 4.78 is 1.73. The third-order valence-electron chi connectivity index (χ3n) is 2.31. The number of carbonyl (C=O) groups is 1. The van der Waals surface area contributed by atoms with Crippen LogP contribution in [-0.2, 0) is 12.4 Å². The summed E-state index contributed by atoms with van der Waals surface area (Å²) in [6.07, 6.45) is 2.50. The van der Waals surface area contributed by atoms with E-state index in [2.05, 4.69) is 5.10 Å². The first-order chi connectivity index (χ1) is 7.83. The van der Waals surface area contributed by atoms with Crippen LogP contribution >= 0.6 is 11.6 Å². The molecule has 0 aliphatic heterocycles. The number of alkyl halides is 1. The molecule has 0 aliphatic carbocycles. The normalized spacial score (nSPS) is 10.3. The average Bonchev–Trinajstić information content (AvgIpc) is 2.72. The Hall–Kier alpha value is -1.61. The summed E-state index contributed by atoms with van der Waals surface area (Å²) in [5.41, 5.74) is 2.34. The Morgan fingerprint density at radius 3 is 2.62 bits per heavy atom. The molecule has 0 aliphatic rings. The van der Waals surface area contributed by atoms with Gasteiger partial charge in [0.15, 0.2) is 6.29 Å². The molecule has 16 heavy (non-hydrogen) atoms. The molecule has 0 atom stereocenters. The van der Waals surface area contributed by atoms with Crippen LogP contribution in [-0.4, -0.2) is 16.1 Å². The first-order valence-electron chi connectivity index (χ1n) is 4.95. The minimum absolute atomic E-state index is 0.260. The summed E-state index contributed by atoms with van der Waals surface area (Å²) in [7, 11) is 0. The van der Waals surface area contributed by atoms with Crippen molar-refractivity contribution < 1.29 is 4.79 Å². The first kappa shape index (κ1) is 10.9. The summed E-state index contributed by atoms with van der Waals surface area (Å²) in [5.74, 6) is 0.260. The van der Waals surface area contributed by atoms with E-state index in [1.807, 2.05) is 30.3 Å². The van der Waals surface area contributed by atoms with E-state index >= 15 is 0 Å². The van der Waals surface area contributed by atoms with Gasteiger partial charge in [-0.05, 0) is 5.56 Å². The largest absolute Gasteiger partial charge is 0.298 e. The maximum atomic E-state index is 10.7. The highest BCUT2D eigenvalue weighted by atomic mass is 35.5. The van der Waals surface area contributed by atoms with Crippen molar-refractivity contribution in [3.63, 3.8) is 0 Å². The van der Waals surface area contributed by atoms with Crippen LogP contribution in [0.2, 0.25) is 0 Å². The van der Waals surface area contributed by atoms with E-state index in [-0.39, 0.29) is 5.88 Å². The van der Waals surface area contributed by atoms with Crippen LogP contribution in [0.3, 0.4) is 0 Å². The fraction of sp³-hybridized carbons (Fsp3) is 0.167. The molecule has 2 rings (SSSR count). The maximum Gasteiger partial charge on any atom is 0.153 e. The van der Waals surface area contributed by atoms with Crippen molar-refractivity contribution in [1.82, 2.24) is 9.78 Å². The molecule has 3 nitrogen and oxygen atoms in total. The van der Waals surface area contributed by atoms with Gasteiger partial charge in [-0.1, -0.05) is 30.3 Å². The molecule has 0 unspecified atom stereocenters. The second kappa shape index (κ2) is 4.94. The molecular formula is C12H11ClN2O. The van der Waals surface area contributed by atoms with Crippen LogP contribution in [0.1, 0.15) is 21.6 Å². The number of nitrogens with zero attached hydrogens (tertiary/aromatic N) is 2. The Kier molecular flexibility index (Phi) is 3.37. The predicted octanol–water partition coefficient (Wildman–Crippen LogP) is 2.48. The first-order valence-corrected chi connectivity index (χ1v) is 5.48. The number of aldehydes is 1. The Balaban J connectivity index is 2.22. The van der Waals surface area contributed by atoms with E-state index in [0.29, 0.717) is 17.8 Å². The molecular weight excluding hydrogens is 224 g/mol. The van der Waals surface area contributed by atoms with E-state index in [0.717, 1.165) is 11.8 Å². The van der Waals surface area contributed by atoms with Crippen LogP contribution in [0.25, 0.3) is 0 Å². The summed E-state index contributed by atoms with van der Waals surface area (Å²) in [6.45, 7) is 0.651. The number of aromatic nitrogens is 2. The molecule has 0 radical (unpaired) electrons. The standard InChI is InChI=1S/C12H11ClN2O/c13-6-12-11(9-16)8-15(14-12)7-10-4-2-1-3-5-10/h1-5,8-9H,6-7H2. The monoisotopic (exact) mass is 234 g/mol. The Morgan fingerprint density at radius 2 is 2.06 bits per heavy atom. The van der Waals surface area contributed by atoms with Crippen LogP contribution in [0.4, 0.5) is 0 Å². The fourth-order valence-electron chi connectivity index (χ4n) is 1.53. The minimum Gasteiger partial charge on any atom is -0.298 e. The second-order valence-corrected chi connectivity index (χ2v) is 3.73. The lowest BCUT2D eigenvalue weighted by molar-refractivity contribution is 0.112. The lowest BCUT2D eigenvalue weighted by Gasteiger charge is -2.00. The van der Waals surface area contributed by atoms with Crippen LogP contribution < -0.4 is 0 Å². The van der Waals surface area contributed by atoms with Crippen molar-refractivity contribution in [1.29, 1.82) is 0 Å². The van der Waals surface area contributed by atoms with Gasteiger partial charge in [0.25, 0.3) is 0 Å². The van der Waals surface area contributed by atoms with E-state index in [1.165, 1.54) is 0 Å². The maximum absolute atomic E-state index is 10.7. The zero-order valence-electron chi connectivity index (χ0n) is 8.64. The number of halogens is 1. The quantitative estimate of drug-likeness (QED) is 0.602. The minimum atomic E-state index is 0.260. The Bertz CT molecular complexity index is 479. The smallest absolute Gasteiger partial charge is 0.153 e. The summed E-state index contributed by atoms with van der Waals surface area (Å²) >= 11 is 5.69. The van der Waals surface area contributed by atoms with Crippen molar-refractivity contribution in [2.45, 2.75) is 12.4 Å². The SMILES string of the molecule is O=Cc1cn(Cc2ccccc2)nc1CCl. The number of carbonyl (C=O) groups excluding carboxylic acids is 1. The van der Waals surface area contributed by atoms with Gasteiger partial charge in [-0.25, -0.2) is 0 Å². The number of hydrogen-bond donors (Lipinski definition) is 0. The van der Waals surface area contributed by atoms with E-state index in [9.17, 15) is 4.79 Å². The second-order valence-electron chi connectivity index (χ2n) is 3.47. The molecule has 0 saturated carbocycles. The van der Waals surface area contributed by atoms with Crippen molar-refractivity contribution in [2.24, 2.45) is 0 Å². The van der Waals surface area contributed by atoms with Gasteiger partial charge in [0.1, 0.15) is 0 Å². The molecule has 2 aromatic rings. The zero-order chi connectivity index (χ0) is 11.4. The molecule has 82 valence electrons.